The minimum Gasteiger partial charge on any atom is -0.490 e. The first-order valence-electron chi connectivity index (χ1n) is 8.40. The fraction of sp³-hybridized carbons (Fsp3) is 0.200. The lowest BCUT2D eigenvalue weighted by Gasteiger charge is -2.12. The van der Waals surface area contributed by atoms with Crippen LogP contribution >= 0.6 is 11.6 Å². The molecular weight excluding hydrogens is 366 g/mol. The normalized spacial score (nSPS) is 10.7. The Morgan fingerprint density at radius 3 is 2.33 bits per heavy atom. The number of halogens is 1. The zero-order valence-electron chi connectivity index (χ0n) is 15.1. The third-order valence-electron chi connectivity index (χ3n) is 3.39. The molecule has 7 heteroatoms. The van der Waals surface area contributed by atoms with E-state index >= 15 is 0 Å². The van der Waals surface area contributed by atoms with Crippen LogP contribution in [0.5, 0.6) is 11.5 Å². The number of hydrogen-bond acceptors (Lipinski definition) is 5. The van der Waals surface area contributed by atoms with Crippen molar-refractivity contribution < 1.29 is 14.3 Å². The third-order valence-corrected chi connectivity index (χ3v) is 3.65. The van der Waals surface area contributed by atoms with E-state index in [1.54, 1.807) is 42.5 Å². The van der Waals surface area contributed by atoms with Crippen LogP contribution in [0.15, 0.2) is 54.2 Å². The van der Waals surface area contributed by atoms with Gasteiger partial charge in [0.05, 0.1) is 13.2 Å². The van der Waals surface area contributed by atoms with Crippen LogP contribution in [-0.4, -0.2) is 19.1 Å². The molecule has 0 aliphatic carbocycles. The van der Waals surface area contributed by atoms with Crippen molar-refractivity contribution in [2.24, 2.45) is 0 Å². The monoisotopic (exact) mass is 385 g/mol. The first kappa shape index (κ1) is 20.1. The molecular formula is C20H20ClN3O3. The van der Waals surface area contributed by atoms with Crippen LogP contribution in [0.2, 0.25) is 5.02 Å². The zero-order chi connectivity index (χ0) is 19.6. The molecule has 0 aliphatic rings. The predicted octanol–water partition coefficient (Wildman–Crippen LogP) is 4.60. The standard InChI is InChI=1S/C20H20ClN3O3/c1-3-26-18-10-9-17(11-19(18)27-4-2)23-13-14(12-22)20(25)24-16-7-5-15(21)6-8-16/h5-11,13,23H,3-4H2,1-2H3,(H,24,25)/b14-13-. The number of nitriles is 1. The van der Waals surface area contributed by atoms with Crippen molar-refractivity contribution in [3.05, 3.63) is 59.3 Å². The lowest BCUT2D eigenvalue weighted by Crippen LogP contribution is -2.14. The average molecular weight is 386 g/mol. The van der Waals surface area contributed by atoms with E-state index in [0.29, 0.717) is 41.1 Å². The van der Waals surface area contributed by atoms with Crippen LogP contribution in [0.25, 0.3) is 0 Å². The molecule has 2 aromatic carbocycles. The zero-order valence-corrected chi connectivity index (χ0v) is 15.8. The number of anilines is 2. The molecule has 0 heterocycles. The summed E-state index contributed by atoms with van der Waals surface area (Å²) >= 11 is 5.82. The summed E-state index contributed by atoms with van der Waals surface area (Å²) in [6.45, 7) is 4.79. The highest BCUT2D eigenvalue weighted by atomic mass is 35.5. The van der Waals surface area contributed by atoms with Gasteiger partial charge in [0, 0.05) is 28.7 Å². The van der Waals surface area contributed by atoms with Crippen molar-refractivity contribution >= 4 is 28.9 Å². The smallest absolute Gasteiger partial charge is 0.267 e. The Hall–Kier alpha value is -3.17. The minimum absolute atomic E-state index is 0.0724. The maximum atomic E-state index is 12.2. The number of carbonyl (C=O) groups excluding carboxylic acids is 1. The Morgan fingerprint density at radius 1 is 1.07 bits per heavy atom. The maximum Gasteiger partial charge on any atom is 0.267 e. The molecule has 0 bridgehead atoms. The van der Waals surface area contributed by atoms with Crippen molar-refractivity contribution in [2.75, 3.05) is 23.8 Å². The second-order valence-electron chi connectivity index (χ2n) is 5.30. The van der Waals surface area contributed by atoms with Crippen molar-refractivity contribution in [1.29, 1.82) is 5.26 Å². The van der Waals surface area contributed by atoms with Gasteiger partial charge in [-0.3, -0.25) is 4.79 Å². The van der Waals surface area contributed by atoms with E-state index in [0.717, 1.165) is 0 Å². The van der Waals surface area contributed by atoms with Gasteiger partial charge in [0.2, 0.25) is 0 Å². The maximum absolute atomic E-state index is 12.2. The van der Waals surface area contributed by atoms with Gasteiger partial charge in [0.25, 0.3) is 5.91 Å². The molecule has 0 spiro atoms. The van der Waals surface area contributed by atoms with Gasteiger partial charge in [-0.2, -0.15) is 5.26 Å². The highest BCUT2D eigenvalue weighted by Crippen LogP contribution is 2.30. The average Bonchev–Trinajstić information content (AvgIpc) is 2.66. The van der Waals surface area contributed by atoms with Gasteiger partial charge in [0.1, 0.15) is 11.6 Å². The highest BCUT2D eigenvalue weighted by molar-refractivity contribution is 6.30. The molecule has 2 aromatic rings. The summed E-state index contributed by atoms with van der Waals surface area (Å²) in [4.78, 5) is 12.2. The van der Waals surface area contributed by atoms with Gasteiger partial charge < -0.3 is 20.1 Å². The first-order chi connectivity index (χ1) is 13.1. The molecule has 27 heavy (non-hydrogen) atoms. The Morgan fingerprint density at radius 2 is 1.70 bits per heavy atom. The van der Waals surface area contributed by atoms with Crippen LogP contribution in [0.3, 0.4) is 0 Å². The predicted molar refractivity (Wildman–Crippen MR) is 106 cm³/mol. The topological polar surface area (TPSA) is 83.4 Å². The van der Waals surface area contributed by atoms with Crippen LogP contribution in [0.4, 0.5) is 11.4 Å². The lowest BCUT2D eigenvalue weighted by atomic mass is 10.2. The number of nitrogens with one attached hydrogen (secondary N) is 2. The van der Waals surface area contributed by atoms with Crippen molar-refractivity contribution in [2.45, 2.75) is 13.8 Å². The Bertz CT molecular complexity index is 858. The molecule has 0 unspecified atom stereocenters. The van der Waals surface area contributed by atoms with Crippen LogP contribution in [-0.2, 0) is 4.79 Å². The van der Waals surface area contributed by atoms with E-state index in [9.17, 15) is 10.1 Å². The summed E-state index contributed by atoms with van der Waals surface area (Å²) in [5, 5.41) is 15.4. The molecule has 0 saturated heterocycles. The molecule has 140 valence electrons. The molecule has 0 radical (unpaired) electrons. The van der Waals surface area contributed by atoms with Gasteiger partial charge in [-0.25, -0.2) is 0 Å². The molecule has 0 aromatic heterocycles. The van der Waals surface area contributed by atoms with E-state index in [2.05, 4.69) is 10.6 Å². The van der Waals surface area contributed by atoms with Gasteiger partial charge in [0.15, 0.2) is 11.5 Å². The molecule has 2 rings (SSSR count). The SMILES string of the molecule is CCOc1ccc(N/C=C(/C#N)C(=O)Nc2ccc(Cl)cc2)cc1OCC. The largest absolute Gasteiger partial charge is 0.490 e. The summed E-state index contributed by atoms with van der Waals surface area (Å²) < 4.78 is 11.1. The second-order valence-corrected chi connectivity index (χ2v) is 5.74. The van der Waals surface area contributed by atoms with Gasteiger partial charge in [-0.05, 0) is 50.2 Å². The number of benzene rings is 2. The van der Waals surface area contributed by atoms with E-state index in [4.69, 9.17) is 21.1 Å². The van der Waals surface area contributed by atoms with Gasteiger partial charge in [-0.1, -0.05) is 11.6 Å². The summed E-state index contributed by atoms with van der Waals surface area (Å²) in [6.07, 6.45) is 1.34. The molecule has 6 nitrogen and oxygen atoms in total. The molecule has 1 amide bonds. The minimum atomic E-state index is -0.525. The Balaban J connectivity index is 2.11. The highest BCUT2D eigenvalue weighted by Gasteiger charge is 2.10. The summed E-state index contributed by atoms with van der Waals surface area (Å²) in [5.41, 5.74) is 1.14. The molecule has 0 saturated carbocycles. The quantitative estimate of drug-likeness (QED) is 0.512. The summed E-state index contributed by atoms with van der Waals surface area (Å²) in [6, 6.07) is 13.8. The fourth-order valence-electron chi connectivity index (χ4n) is 2.18. The molecule has 0 atom stereocenters. The van der Waals surface area contributed by atoms with Crippen molar-refractivity contribution in [1.82, 2.24) is 0 Å². The first-order valence-corrected chi connectivity index (χ1v) is 8.78. The van der Waals surface area contributed by atoms with E-state index in [1.165, 1.54) is 6.20 Å². The van der Waals surface area contributed by atoms with Crippen LogP contribution in [0, 0.1) is 11.3 Å². The van der Waals surface area contributed by atoms with Gasteiger partial charge in [-0.15, -0.1) is 0 Å². The summed E-state index contributed by atoms with van der Waals surface area (Å²) in [5.74, 6) is 0.694. The van der Waals surface area contributed by atoms with Crippen molar-refractivity contribution in [3.8, 4) is 17.6 Å². The van der Waals surface area contributed by atoms with Crippen LogP contribution < -0.4 is 20.1 Å². The number of ether oxygens (including phenoxy) is 2. The lowest BCUT2D eigenvalue weighted by molar-refractivity contribution is -0.112. The number of hydrogen-bond donors (Lipinski definition) is 2. The third kappa shape index (κ3) is 5.94. The van der Waals surface area contributed by atoms with E-state index in [1.807, 2.05) is 19.9 Å². The Kier molecular flexibility index (Phi) is 7.53. The molecule has 2 N–H and O–H groups in total. The van der Waals surface area contributed by atoms with E-state index < -0.39 is 5.91 Å². The Labute approximate surface area is 163 Å². The number of rotatable bonds is 8. The van der Waals surface area contributed by atoms with Crippen molar-refractivity contribution in [3.63, 3.8) is 0 Å². The summed E-state index contributed by atoms with van der Waals surface area (Å²) in [7, 11) is 0. The van der Waals surface area contributed by atoms with E-state index in [-0.39, 0.29) is 5.57 Å². The van der Waals surface area contributed by atoms with Gasteiger partial charge >= 0.3 is 0 Å². The number of amides is 1. The molecule has 0 aliphatic heterocycles. The number of nitrogens with zero attached hydrogens (tertiary/aromatic N) is 1. The second kappa shape index (κ2) is 10.1. The molecule has 0 fully saturated rings. The fourth-order valence-corrected chi connectivity index (χ4v) is 2.30. The number of carbonyl (C=O) groups is 1. The van der Waals surface area contributed by atoms with Crippen LogP contribution in [0.1, 0.15) is 13.8 Å².